The highest BCUT2D eigenvalue weighted by Crippen LogP contribution is 2.24. The van der Waals surface area contributed by atoms with E-state index in [9.17, 15) is 8.42 Å². The van der Waals surface area contributed by atoms with Crippen LogP contribution in [0, 0.1) is 0 Å². The van der Waals surface area contributed by atoms with Gasteiger partial charge in [0.2, 0.25) is 0 Å². The average Bonchev–Trinajstić information content (AvgIpc) is 3.21. The van der Waals surface area contributed by atoms with E-state index in [2.05, 4.69) is 25.1 Å². The standard InChI is InChI=1S/C21H22N6O3S/c1-27-14-17(13-23-27)31(28,29)26-21-20(24-18-5-3-4-6-19(18)25-21)22-12-11-15-7-9-16(30-2)10-8-15/h3-10,13-14H,11-12H2,1-2H3,(H,22,24)(H,25,26). The van der Waals surface area contributed by atoms with Crippen molar-refractivity contribution in [2.45, 2.75) is 11.3 Å². The van der Waals surface area contributed by atoms with E-state index in [1.165, 1.54) is 17.1 Å². The van der Waals surface area contributed by atoms with Gasteiger partial charge in [-0.05, 0) is 36.2 Å². The monoisotopic (exact) mass is 438 g/mol. The van der Waals surface area contributed by atoms with Crippen molar-refractivity contribution in [1.82, 2.24) is 19.7 Å². The molecule has 0 unspecified atom stereocenters. The number of nitrogens with one attached hydrogen (secondary N) is 2. The minimum absolute atomic E-state index is 0.0501. The van der Waals surface area contributed by atoms with Crippen LogP contribution in [0.5, 0.6) is 5.75 Å². The SMILES string of the molecule is COc1ccc(CCNc2nc3ccccc3nc2NS(=O)(=O)c2cnn(C)c2)cc1. The van der Waals surface area contributed by atoms with Crippen LogP contribution in [0.3, 0.4) is 0 Å². The molecule has 0 radical (unpaired) electrons. The van der Waals surface area contributed by atoms with E-state index in [1.807, 2.05) is 42.5 Å². The van der Waals surface area contributed by atoms with Gasteiger partial charge >= 0.3 is 0 Å². The Bertz CT molecular complexity index is 1300. The molecule has 2 aromatic heterocycles. The van der Waals surface area contributed by atoms with Gasteiger partial charge < -0.3 is 10.1 Å². The van der Waals surface area contributed by atoms with Gasteiger partial charge in [-0.2, -0.15) is 5.10 Å². The molecule has 160 valence electrons. The largest absolute Gasteiger partial charge is 0.497 e. The second-order valence-electron chi connectivity index (χ2n) is 6.89. The third-order valence-corrected chi connectivity index (χ3v) is 5.95. The van der Waals surface area contributed by atoms with Crippen molar-refractivity contribution < 1.29 is 13.2 Å². The molecule has 0 saturated carbocycles. The van der Waals surface area contributed by atoms with Crippen LogP contribution < -0.4 is 14.8 Å². The molecule has 0 amide bonds. The number of hydrogen-bond donors (Lipinski definition) is 2. The molecule has 0 aliphatic carbocycles. The van der Waals surface area contributed by atoms with Crippen LogP contribution in [-0.2, 0) is 23.5 Å². The van der Waals surface area contributed by atoms with Crippen LogP contribution in [0.2, 0.25) is 0 Å². The fourth-order valence-electron chi connectivity index (χ4n) is 3.04. The highest BCUT2D eigenvalue weighted by molar-refractivity contribution is 7.92. The van der Waals surface area contributed by atoms with Gasteiger partial charge in [-0.3, -0.25) is 9.40 Å². The molecule has 4 aromatic rings. The average molecular weight is 439 g/mol. The van der Waals surface area contributed by atoms with Gasteiger partial charge in [-0.15, -0.1) is 0 Å². The van der Waals surface area contributed by atoms with Crippen molar-refractivity contribution in [3.8, 4) is 5.75 Å². The number of hydrogen-bond acceptors (Lipinski definition) is 7. The predicted octanol–water partition coefficient (Wildman–Crippen LogP) is 2.83. The normalized spacial score (nSPS) is 11.4. The lowest BCUT2D eigenvalue weighted by Crippen LogP contribution is -2.17. The molecule has 0 atom stereocenters. The molecule has 0 aliphatic rings. The van der Waals surface area contributed by atoms with E-state index in [-0.39, 0.29) is 10.7 Å². The molecular weight excluding hydrogens is 416 g/mol. The van der Waals surface area contributed by atoms with E-state index in [4.69, 9.17) is 4.74 Å². The summed E-state index contributed by atoms with van der Waals surface area (Å²) in [6.07, 6.45) is 3.43. The second kappa shape index (κ2) is 8.60. The number of anilines is 2. The molecule has 10 heteroatoms. The van der Waals surface area contributed by atoms with Gasteiger partial charge in [0.15, 0.2) is 11.6 Å². The Balaban J connectivity index is 1.58. The Morgan fingerprint density at radius 2 is 1.68 bits per heavy atom. The summed E-state index contributed by atoms with van der Waals surface area (Å²) in [6.45, 7) is 0.543. The summed E-state index contributed by atoms with van der Waals surface area (Å²) in [5.74, 6) is 1.29. The van der Waals surface area contributed by atoms with Crippen molar-refractivity contribution in [1.29, 1.82) is 0 Å². The predicted molar refractivity (Wildman–Crippen MR) is 119 cm³/mol. The van der Waals surface area contributed by atoms with Gasteiger partial charge in [-0.25, -0.2) is 18.4 Å². The quantitative estimate of drug-likeness (QED) is 0.435. The molecule has 2 heterocycles. The molecule has 9 nitrogen and oxygen atoms in total. The number of ether oxygens (including phenoxy) is 1. The molecular formula is C21H22N6O3S. The fourth-order valence-corrected chi connectivity index (χ4v) is 4.03. The summed E-state index contributed by atoms with van der Waals surface area (Å²) in [5, 5.41) is 7.14. The number of fused-ring (bicyclic) bond motifs is 1. The van der Waals surface area contributed by atoms with Gasteiger partial charge in [0.25, 0.3) is 10.0 Å². The van der Waals surface area contributed by atoms with Crippen molar-refractivity contribution in [3.05, 3.63) is 66.5 Å². The number of methoxy groups -OCH3 is 1. The zero-order valence-corrected chi connectivity index (χ0v) is 17.9. The molecule has 0 fully saturated rings. The molecule has 0 spiro atoms. The number of sulfonamides is 1. The van der Waals surface area contributed by atoms with Crippen molar-refractivity contribution in [3.63, 3.8) is 0 Å². The topological polar surface area (TPSA) is 111 Å². The molecule has 0 bridgehead atoms. The maximum atomic E-state index is 12.8. The van der Waals surface area contributed by atoms with Gasteiger partial charge in [0.1, 0.15) is 10.6 Å². The summed E-state index contributed by atoms with van der Waals surface area (Å²) in [5.41, 5.74) is 2.37. The van der Waals surface area contributed by atoms with E-state index in [1.54, 1.807) is 20.2 Å². The lowest BCUT2D eigenvalue weighted by molar-refractivity contribution is 0.414. The van der Waals surface area contributed by atoms with Crippen LogP contribution in [0.25, 0.3) is 11.0 Å². The number of benzene rings is 2. The summed E-state index contributed by atoms with van der Waals surface area (Å²) in [7, 11) is -0.576. The Kier molecular flexibility index (Phi) is 5.72. The Labute approximate surface area is 180 Å². The summed E-state index contributed by atoms with van der Waals surface area (Å²) < 4.78 is 34.7. The smallest absolute Gasteiger partial charge is 0.266 e. The third-order valence-electron chi connectivity index (χ3n) is 4.66. The first-order valence-electron chi connectivity index (χ1n) is 9.60. The van der Waals surface area contributed by atoms with Crippen LogP contribution in [0.4, 0.5) is 11.6 Å². The number of para-hydroxylation sites is 2. The molecule has 2 aromatic carbocycles. The summed E-state index contributed by atoms with van der Waals surface area (Å²) in [4.78, 5) is 9.11. The number of nitrogens with zero attached hydrogens (tertiary/aromatic N) is 4. The Morgan fingerprint density at radius 1 is 1.00 bits per heavy atom. The van der Waals surface area contributed by atoms with E-state index < -0.39 is 10.0 Å². The summed E-state index contributed by atoms with van der Waals surface area (Å²) in [6, 6.07) is 15.1. The minimum Gasteiger partial charge on any atom is -0.497 e. The Morgan fingerprint density at radius 3 is 2.29 bits per heavy atom. The van der Waals surface area contributed by atoms with Crippen LogP contribution >= 0.6 is 0 Å². The summed E-state index contributed by atoms with van der Waals surface area (Å²) >= 11 is 0. The van der Waals surface area contributed by atoms with Crippen molar-refractivity contribution in [2.24, 2.45) is 7.05 Å². The van der Waals surface area contributed by atoms with Crippen LogP contribution in [0.1, 0.15) is 5.56 Å². The first-order valence-corrected chi connectivity index (χ1v) is 11.1. The number of aryl methyl sites for hydroxylation is 1. The zero-order chi connectivity index (χ0) is 21.8. The van der Waals surface area contributed by atoms with Crippen LogP contribution in [-0.4, -0.2) is 41.8 Å². The van der Waals surface area contributed by atoms with E-state index >= 15 is 0 Å². The van der Waals surface area contributed by atoms with Crippen LogP contribution in [0.15, 0.2) is 65.8 Å². The van der Waals surface area contributed by atoms with Gasteiger partial charge in [0, 0.05) is 19.8 Å². The zero-order valence-electron chi connectivity index (χ0n) is 17.1. The Hall–Kier alpha value is -3.66. The fraction of sp³-hybridized carbons (Fsp3) is 0.190. The minimum atomic E-state index is -3.86. The number of rotatable bonds is 8. The lowest BCUT2D eigenvalue weighted by Gasteiger charge is -2.13. The first-order chi connectivity index (χ1) is 14.9. The lowest BCUT2D eigenvalue weighted by atomic mass is 10.1. The van der Waals surface area contributed by atoms with Gasteiger partial charge in [-0.1, -0.05) is 24.3 Å². The second-order valence-corrected chi connectivity index (χ2v) is 8.57. The molecule has 0 saturated heterocycles. The third kappa shape index (κ3) is 4.75. The highest BCUT2D eigenvalue weighted by Gasteiger charge is 2.20. The first kappa shape index (κ1) is 20.6. The number of aromatic nitrogens is 4. The van der Waals surface area contributed by atoms with Crippen molar-refractivity contribution >= 4 is 32.7 Å². The molecule has 31 heavy (non-hydrogen) atoms. The van der Waals surface area contributed by atoms with E-state index in [0.717, 1.165) is 11.3 Å². The highest BCUT2D eigenvalue weighted by atomic mass is 32.2. The molecule has 0 aliphatic heterocycles. The molecule has 2 N–H and O–H groups in total. The van der Waals surface area contributed by atoms with E-state index in [0.29, 0.717) is 29.8 Å². The maximum Gasteiger partial charge on any atom is 0.266 e. The molecule has 4 rings (SSSR count). The van der Waals surface area contributed by atoms with Gasteiger partial charge in [0.05, 0.1) is 24.3 Å². The van der Waals surface area contributed by atoms with Crippen molar-refractivity contribution in [2.75, 3.05) is 23.7 Å². The maximum absolute atomic E-state index is 12.8.